The number of carbonyl (C=O) groups excluding carboxylic acids is 1. The van der Waals surface area contributed by atoms with E-state index in [1.165, 1.54) is 0 Å². The van der Waals surface area contributed by atoms with E-state index in [4.69, 9.17) is 4.74 Å². The van der Waals surface area contributed by atoms with Crippen LogP contribution >= 0.6 is 0 Å². The topological polar surface area (TPSA) is 60.4 Å². The summed E-state index contributed by atoms with van der Waals surface area (Å²) in [4.78, 5) is 12.3. The second-order valence-corrected chi connectivity index (χ2v) is 8.12. The van der Waals surface area contributed by atoms with E-state index in [0.29, 0.717) is 12.0 Å². The van der Waals surface area contributed by atoms with E-state index in [1.54, 1.807) is 30.3 Å². The van der Waals surface area contributed by atoms with Gasteiger partial charge < -0.3 is 4.74 Å². The molecule has 24 heavy (non-hydrogen) atoms. The predicted octanol–water partition coefficient (Wildman–Crippen LogP) is 3.54. The lowest BCUT2D eigenvalue weighted by Gasteiger charge is -2.36. The van der Waals surface area contributed by atoms with Crippen molar-refractivity contribution in [3.8, 4) is 0 Å². The molecule has 3 rings (SSSR count). The first kappa shape index (κ1) is 16.7. The largest absolute Gasteiger partial charge is 0.456 e. The van der Waals surface area contributed by atoms with Gasteiger partial charge in [0.15, 0.2) is 9.84 Å². The minimum atomic E-state index is -3.62. The van der Waals surface area contributed by atoms with Crippen molar-refractivity contribution in [3.05, 3.63) is 66.2 Å². The maximum atomic E-state index is 13.3. The first-order valence-corrected chi connectivity index (χ1v) is 9.62. The lowest BCUT2D eigenvalue weighted by molar-refractivity contribution is -0.156. The molecule has 0 aromatic heterocycles. The molecule has 0 unspecified atom stereocenters. The van der Waals surface area contributed by atoms with Crippen molar-refractivity contribution in [2.75, 3.05) is 0 Å². The van der Waals surface area contributed by atoms with Gasteiger partial charge >= 0.3 is 5.97 Å². The third kappa shape index (κ3) is 3.08. The van der Waals surface area contributed by atoms with Crippen LogP contribution in [0.2, 0.25) is 0 Å². The molecule has 0 saturated carbocycles. The molecular formula is C19H20O4S. The Morgan fingerprint density at radius 1 is 1.00 bits per heavy atom. The summed E-state index contributed by atoms with van der Waals surface area (Å²) in [5.41, 5.74) is 0.716. The number of rotatable bonds is 4. The fourth-order valence-corrected chi connectivity index (χ4v) is 5.48. The first-order chi connectivity index (χ1) is 11.5. The Balaban J connectivity index is 2.10. The van der Waals surface area contributed by atoms with E-state index in [-0.39, 0.29) is 23.2 Å². The molecule has 1 heterocycles. The predicted molar refractivity (Wildman–Crippen MR) is 91.1 cm³/mol. The van der Waals surface area contributed by atoms with Gasteiger partial charge in [0.25, 0.3) is 0 Å². The molecule has 126 valence electrons. The summed E-state index contributed by atoms with van der Waals surface area (Å²) in [7, 11) is -3.62. The van der Waals surface area contributed by atoms with Gasteiger partial charge in [-0.2, -0.15) is 0 Å². The van der Waals surface area contributed by atoms with Crippen molar-refractivity contribution >= 4 is 15.8 Å². The van der Waals surface area contributed by atoms with Gasteiger partial charge in [0.05, 0.1) is 4.90 Å². The van der Waals surface area contributed by atoms with Crippen molar-refractivity contribution in [2.24, 2.45) is 5.92 Å². The molecule has 3 atom stereocenters. The monoisotopic (exact) mass is 344 g/mol. The number of hydrogen-bond acceptors (Lipinski definition) is 4. The van der Waals surface area contributed by atoms with Crippen LogP contribution in [0.3, 0.4) is 0 Å². The highest BCUT2D eigenvalue weighted by atomic mass is 32.2. The zero-order valence-corrected chi connectivity index (χ0v) is 14.3. The Morgan fingerprint density at radius 2 is 1.58 bits per heavy atom. The maximum Gasteiger partial charge on any atom is 0.306 e. The molecule has 2 aromatic carbocycles. The van der Waals surface area contributed by atoms with Crippen molar-refractivity contribution in [2.45, 2.75) is 36.0 Å². The summed E-state index contributed by atoms with van der Waals surface area (Å²) >= 11 is 0. The van der Waals surface area contributed by atoms with E-state index >= 15 is 0 Å². The summed E-state index contributed by atoms with van der Waals surface area (Å²) in [6.07, 6.45) is -0.0336. The third-order valence-corrected chi connectivity index (χ3v) is 6.81. The molecule has 1 aliphatic rings. The van der Waals surface area contributed by atoms with E-state index in [2.05, 4.69) is 0 Å². The summed E-state index contributed by atoms with van der Waals surface area (Å²) in [6.45, 7) is 1.92. The number of sulfone groups is 1. The van der Waals surface area contributed by atoms with Crippen LogP contribution in [0.15, 0.2) is 65.6 Å². The first-order valence-electron chi connectivity index (χ1n) is 8.07. The number of hydrogen-bond donors (Lipinski definition) is 0. The van der Waals surface area contributed by atoms with Crippen LogP contribution in [0.25, 0.3) is 0 Å². The minimum Gasteiger partial charge on any atom is -0.456 e. The van der Waals surface area contributed by atoms with Crippen LogP contribution in [-0.4, -0.2) is 19.6 Å². The molecule has 0 bridgehead atoms. The van der Waals surface area contributed by atoms with Gasteiger partial charge in [0.1, 0.15) is 11.4 Å². The van der Waals surface area contributed by atoms with Crippen LogP contribution in [-0.2, 0) is 19.4 Å². The summed E-state index contributed by atoms with van der Waals surface area (Å²) in [5, 5.41) is -0.773. The molecule has 4 nitrogen and oxygen atoms in total. The third-order valence-electron chi connectivity index (χ3n) is 4.53. The number of esters is 1. The second-order valence-electron chi connectivity index (χ2n) is 6.02. The molecule has 1 aliphatic heterocycles. The molecule has 0 aliphatic carbocycles. The quantitative estimate of drug-likeness (QED) is 0.796. The second kappa shape index (κ2) is 6.77. The lowest BCUT2D eigenvalue weighted by Crippen LogP contribution is -2.43. The highest BCUT2D eigenvalue weighted by Crippen LogP contribution is 2.41. The van der Waals surface area contributed by atoms with Crippen LogP contribution in [0.1, 0.15) is 31.4 Å². The Bertz CT molecular complexity index is 800. The number of carbonyl (C=O) groups is 1. The van der Waals surface area contributed by atoms with E-state index in [1.807, 2.05) is 37.3 Å². The smallest absolute Gasteiger partial charge is 0.306 e. The van der Waals surface area contributed by atoms with Gasteiger partial charge in [-0.1, -0.05) is 61.9 Å². The molecule has 0 N–H and O–H groups in total. The Morgan fingerprint density at radius 3 is 2.17 bits per heavy atom. The molecule has 1 fully saturated rings. The molecule has 5 heteroatoms. The Hall–Kier alpha value is -2.14. The van der Waals surface area contributed by atoms with Crippen LogP contribution in [0.5, 0.6) is 0 Å². The van der Waals surface area contributed by atoms with Gasteiger partial charge in [-0.3, -0.25) is 4.79 Å². The lowest BCUT2D eigenvalue weighted by atomic mass is 9.89. The van der Waals surface area contributed by atoms with E-state index in [0.717, 1.165) is 0 Å². The van der Waals surface area contributed by atoms with Crippen molar-refractivity contribution in [1.82, 2.24) is 0 Å². The summed E-state index contributed by atoms with van der Waals surface area (Å²) in [5.74, 6) is -0.600. The van der Waals surface area contributed by atoms with Crippen molar-refractivity contribution < 1.29 is 17.9 Å². The number of ether oxygens (including phenoxy) is 1. The molecule has 0 spiro atoms. The SMILES string of the molecule is CC[C@@H]1CC(=O)O[C@@H](c2ccccc2)[C@H]1S(=O)(=O)c1ccccc1. The van der Waals surface area contributed by atoms with Crippen LogP contribution in [0, 0.1) is 5.92 Å². The summed E-state index contributed by atoms with van der Waals surface area (Å²) < 4.78 is 32.0. The summed E-state index contributed by atoms with van der Waals surface area (Å²) in [6, 6.07) is 17.5. The highest BCUT2D eigenvalue weighted by molar-refractivity contribution is 7.92. The van der Waals surface area contributed by atoms with E-state index < -0.39 is 21.2 Å². The van der Waals surface area contributed by atoms with Gasteiger partial charge in [-0.15, -0.1) is 0 Å². The molecular weight excluding hydrogens is 324 g/mol. The van der Waals surface area contributed by atoms with Crippen LogP contribution < -0.4 is 0 Å². The van der Waals surface area contributed by atoms with Gasteiger partial charge in [0.2, 0.25) is 0 Å². The highest BCUT2D eigenvalue weighted by Gasteiger charge is 2.46. The average Bonchev–Trinajstić information content (AvgIpc) is 2.62. The van der Waals surface area contributed by atoms with Gasteiger partial charge in [-0.05, 0) is 23.6 Å². The fraction of sp³-hybridized carbons (Fsp3) is 0.316. The molecule has 2 aromatic rings. The normalized spacial score (nSPS) is 24.4. The standard InChI is InChI=1S/C19H20O4S/c1-2-14-13-17(20)23-18(15-9-5-3-6-10-15)19(14)24(21,22)16-11-7-4-8-12-16/h3-12,14,18-19H,2,13H2,1H3/t14-,18+,19+/m1/s1. The van der Waals surface area contributed by atoms with Crippen LogP contribution in [0.4, 0.5) is 0 Å². The van der Waals surface area contributed by atoms with Gasteiger partial charge in [0, 0.05) is 6.42 Å². The zero-order chi connectivity index (χ0) is 17.2. The fourth-order valence-electron chi connectivity index (χ4n) is 3.29. The Kier molecular flexibility index (Phi) is 4.71. The molecule has 0 amide bonds. The molecule has 0 radical (unpaired) electrons. The number of benzene rings is 2. The van der Waals surface area contributed by atoms with Crippen molar-refractivity contribution in [3.63, 3.8) is 0 Å². The minimum absolute atomic E-state index is 0.135. The maximum absolute atomic E-state index is 13.3. The van der Waals surface area contributed by atoms with E-state index in [9.17, 15) is 13.2 Å². The van der Waals surface area contributed by atoms with Gasteiger partial charge in [-0.25, -0.2) is 8.42 Å². The Labute approximate surface area is 142 Å². The number of cyclic esters (lactones) is 1. The van der Waals surface area contributed by atoms with Crippen molar-refractivity contribution in [1.29, 1.82) is 0 Å². The average molecular weight is 344 g/mol. The zero-order valence-electron chi connectivity index (χ0n) is 13.5. The molecule has 1 saturated heterocycles.